The van der Waals surface area contributed by atoms with Gasteiger partial charge in [-0.3, -0.25) is 0 Å². The molecule has 0 radical (unpaired) electrons. The van der Waals surface area contributed by atoms with E-state index in [4.69, 9.17) is 4.74 Å². The largest absolute Gasteiger partial charge is 0.508 e. The molecule has 2 aromatic rings. The standard InChI is InChI=1S/C14H18N2O3S/c1-19-11-6-8(17)7-12-13(11)16-14(20-12)15-9-4-2-3-5-10(9)18/h6-7,9-10,17-18H,2-5H2,1H3,(H,15,16)/t9-,10-/m0/s1. The van der Waals surface area contributed by atoms with Gasteiger partial charge in [0.05, 0.1) is 24.0 Å². The minimum atomic E-state index is -0.314. The smallest absolute Gasteiger partial charge is 0.184 e. The van der Waals surface area contributed by atoms with Crippen LogP contribution in [0, 0.1) is 0 Å². The van der Waals surface area contributed by atoms with Crippen molar-refractivity contribution in [1.82, 2.24) is 4.98 Å². The van der Waals surface area contributed by atoms with Crippen molar-refractivity contribution in [2.75, 3.05) is 12.4 Å². The summed E-state index contributed by atoms with van der Waals surface area (Å²) in [5, 5.41) is 23.7. The van der Waals surface area contributed by atoms with Gasteiger partial charge in [0, 0.05) is 6.07 Å². The van der Waals surface area contributed by atoms with Crippen LogP contribution in [0.4, 0.5) is 5.13 Å². The van der Waals surface area contributed by atoms with Crippen LogP contribution in [0.3, 0.4) is 0 Å². The van der Waals surface area contributed by atoms with E-state index in [0.717, 1.165) is 41.0 Å². The second kappa shape index (κ2) is 5.46. The van der Waals surface area contributed by atoms with Crippen molar-refractivity contribution in [1.29, 1.82) is 0 Å². The van der Waals surface area contributed by atoms with Gasteiger partial charge in [0.25, 0.3) is 0 Å². The summed E-state index contributed by atoms with van der Waals surface area (Å²) in [5.74, 6) is 0.732. The van der Waals surface area contributed by atoms with Crippen molar-refractivity contribution in [3.63, 3.8) is 0 Å². The van der Waals surface area contributed by atoms with E-state index < -0.39 is 0 Å². The molecule has 1 aromatic carbocycles. The molecule has 1 aliphatic rings. The van der Waals surface area contributed by atoms with Crippen molar-refractivity contribution < 1.29 is 14.9 Å². The molecule has 0 amide bonds. The summed E-state index contributed by atoms with van der Waals surface area (Å²) in [5.41, 5.74) is 0.739. The first-order chi connectivity index (χ1) is 9.67. The van der Waals surface area contributed by atoms with Gasteiger partial charge in [-0.2, -0.15) is 0 Å². The maximum absolute atomic E-state index is 10.00. The molecule has 108 valence electrons. The first-order valence-corrected chi connectivity index (χ1v) is 7.61. The molecule has 3 N–H and O–H groups in total. The molecular weight excluding hydrogens is 276 g/mol. The third kappa shape index (κ3) is 2.53. The van der Waals surface area contributed by atoms with Gasteiger partial charge >= 0.3 is 0 Å². The normalized spacial score (nSPS) is 22.9. The molecule has 1 saturated carbocycles. The lowest BCUT2D eigenvalue weighted by atomic mass is 9.93. The Bertz CT molecular complexity index is 614. The van der Waals surface area contributed by atoms with Gasteiger partial charge in [0.1, 0.15) is 17.0 Å². The van der Waals surface area contributed by atoms with Crippen LogP contribution in [0.15, 0.2) is 12.1 Å². The molecule has 0 bridgehead atoms. The summed E-state index contributed by atoms with van der Waals surface area (Å²) >= 11 is 1.46. The van der Waals surface area contributed by atoms with E-state index in [9.17, 15) is 10.2 Å². The first kappa shape index (κ1) is 13.5. The maximum Gasteiger partial charge on any atom is 0.184 e. The van der Waals surface area contributed by atoms with Crippen LogP contribution in [0.25, 0.3) is 10.2 Å². The van der Waals surface area contributed by atoms with Gasteiger partial charge in [-0.15, -0.1) is 0 Å². The predicted octanol–water partition coefficient (Wildman–Crippen LogP) is 2.73. The number of nitrogens with zero attached hydrogens (tertiary/aromatic N) is 1. The number of nitrogens with one attached hydrogen (secondary N) is 1. The Morgan fingerprint density at radius 3 is 2.90 bits per heavy atom. The number of ether oxygens (including phenoxy) is 1. The van der Waals surface area contributed by atoms with E-state index in [0.29, 0.717) is 5.75 Å². The topological polar surface area (TPSA) is 74.6 Å². The van der Waals surface area contributed by atoms with Gasteiger partial charge in [0.2, 0.25) is 0 Å². The first-order valence-electron chi connectivity index (χ1n) is 6.79. The molecule has 0 unspecified atom stereocenters. The summed E-state index contributed by atoms with van der Waals surface area (Å²) in [6.45, 7) is 0. The van der Waals surface area contributed by atoms with Crippen LogP contribution in [0.1, 0.15) is 25.7 Å². The number of hydrogen-bond donors (Lipinski definition) is 3. The molecule has 20 heavy (non-hydrogen) atoms. The van der Waals surface area contributed by atoms with Crippen LogP contribution in [-0.4, -0.2) is 34.5 Å². The zero-order valence-corrected chi connectivity index (χ0v) is 12.1. The van der Waals surface area contributed by atoms with Gasteiger partial charge in [-0.25, -0.2) is 4.98 Å². The lowest BCUT2D eigenvalue weighted by Gasteiger charge is -2.27. The van der Waals surface area contributed by atoms with Gasteiger partial charge in [-0.05, 0) is 18.9 Å². The predicted molar refractivity (Wildman–Crippen MR) is 79.7 cm³/mol. The Morgan fingerprint density at radius 1 is 1.35 bits per heavy atom. The lowest BCUT2D eigenvalue weighted by Crippen LogP contribution is -2.36. The average molecular weight is 294 g/mol. The molecule has 1 aliphatic carbocycles. The number of hydrogen-bond acceptors (Lipinski definition) is 6. The van der Waals surface area contributed by atoms with Crippen molar-refractivity contribution in [2.24, 2.45) is 0 Å². The number of thiazole rings is 1. The van der Waals surface area contributed by atoms with Crippen LogP contribution < -0.4 is 10.1 Å². The Hall–Kier alpha value is -1.53. The van der Waals surface area contributed by atoms with E-state index in [2.05, 4.69) is 10.3 Å². The number of aromatic nitrogens is 1. The van der Waals surface area contributed by atoms with Crippen molar-refractivity contribution in [2.45, 2.75) is 37.8 Å². The van der Waals surface area contributed by atoms with Crippen molar-refractivity contribution in [3.8, 4) is 11.5 Å². The fraction of sp³-hybridized carbons (Fsp3) is 0.500. The average Bonchev–Trinajstić information content (AvgIpc) is 2.82. The zero-order chi connectivity index (χ0) is 14.1. The van der Waals surface area contributed by atoms with E-state index in [1.165, 1.54) is 11.3 Å². The van der Waals surface area contributed by atoms with Crippen LogP contribution in [0.5, 0.6) is 11.5 Å². The highest BCUT2D eigenvalue weighted by Gasteiger charge is 2.24. The quantitative estimate of drug-likeness (QED) is 0.811. The maximum atomic E-state index is 10.00. The second-order valence-corrected chi connectivity index (χ2v) is 6.15. The van der Waals surface area contributed by atoms with Gasteiger partial charge < -0.3 is 20.3 Å². The Morgan fingerprint density at radius 2 is 2.15 bits per heavy atom. The molecule has 1 aromatic heterocycles. The Balaban J connectivity index is 1.89. The van der Waals surface area contributed by atoms with Crippen molar-refractivity contribution >= 4 is 26.7 Å². The number of benzene rings is 1. The number of rotatable bonds is 3. The highest BCUT2D eigenvalue weighted by atomic mass is 32.1. The minimum Gasteiger partial charge on any atom is -0.508 e. The molecule has 5 nitrogen and oxygen atoms in total. The fourth-order valence-corrected chi connectivity index (χ4v) is 3.62. The summed E-state index contributed by atoms with van der Waals surface area (Å²) < 4.78 is 6.11. The van der Waals surface area contributed by atoms with Crippen LogP contribution >= 0.6 is 11.3 Å². The van der Waals surface area contributed by atoms with Crippen LogP contribution in [0.2, 0.25) is 0 Å². The number of aliphatic hydroxyl groups excluding tert-OH is 1. The molecular formula is C14H18N2O3S. The summed E-state index contributed by atoms with van der Waals surface area (Å²) in [6.07, 6.45) is 3.70. The lowest BCUT2D eigenvalue weighted by molar-refractivity contribution is 0.116. The number of aromatic hydroxyl groups is 1. The molecule has 0 saturated heterocycles. The minimum absolute atomic E-state index is 0.0592. The molecule has 2 atom stereocenters. The third-order valence-corrected chi connectivity index (χ3v) is 4.64. The SMILES string of the molecule is COc1cc(O)cc2sc(N[C@H]3CCCC[C@@H]3O)nc12. The zero-order valence-electron chi connectivity index (χ0n) is 11.3. The molecule has 1 heterocycles. The Labute approximate surface area is 121 Å². The van der Waals surface area contributed by atoms with Crippen LogP contribution in [-0.2, 0) is 0 Å². The summed E-state index contributed by atoms with van der Waals surface area (Å²) in [6, 6.07) is 3.29. The Kier molecular flexibility index (Phi) is 3.67. The molecule has 3 rings (SSSR count). The number of aliphatic hydroxyl groups is 1. The van der Waals surface area contributed by atoms with Crippen molar-refractivity contribution in [3.05, 3.63) is 12.1 Å². The molecule has 1 fully saturated rings. The fourth-order valence-electron chi connectivity index (χ4n) is 2.64. The highest BCUT2D eigenvalue weighted by Crippen LogP contribution is 2.36. The molecule has 0 aliphatic heterocycles. The van der Waals surface area contributed by atoms with Gasteiger partial charge in [-0.1, -0.05) is 24.2 Å². The molecule has 6 heteroatoms. The van der Waals surface area contributed by atoms with E-state index >= 15 is 0 Å². The third-order valence-electron chi connectivity index (χ3n) is 3.70. The number of fused-ring (bicyclic) bond motifs is 1. The highest BCUT2D eigenvalue weighted by molar-refractivity contribution is 7.22. The van der Waals surface area contributed by atoms with E-state index in [-0.39, 0.29) is 17.9 Å². The number of phenolic OH excluding ortho intramolecular Hbond substituents is 1. The van der Waals surface area contributed by atoms with E-state index in [1.807, 2.05) is 0 Å². The van der Waals surface area contributed by atoms with E-state index in [1.54, 1.807) is 19.2 Å². The molecule has 0 spiro atoms. The summed E-state index contributed by atoms with van der Waals surface area (Å²) in [7, 11) is 1.56. The summed E-state index contributed by atoms with van der Waals surface area (Å²) in [4.78, 5) is 4.51. The monoisotopic (exact) mass is 294 g/mol. The second-order valence-electron chi connectivity index (χ2n) is 5.12. The number of phenols is 1. The number of anilines is 1. The number of methoxy groups -OCH3 is 1. The van der Waals surface area contributed by atoms with Gasteiger partial charge in [0.15, 0.2) is 5.13 Å².